The van der Waals surface area contributed by atoms with Crippen molar-refractivity contribution >= 4 is 46.0 Å². The highest BCUT2D eigenvalue weighted by molar-refractivity contribution is 8.19. The highest BCUT2D eigenvalue weighted by atomic mass is 32.2. The maximum atomic E-state index is 13.7. The molecule has 2 heterocycles. The molecular formula is C26H23N3O2S2. The molecule has 1 amide bonds. The van der Waals surface area contributed by atoms with E-state index in [9.17, 15) is 4.79 Å². The first-order valence-electron chi connectivity index (χ1n) is 10.7. The molecule has 0 aliphatic carbocycles. The molecule has 1 saturated heterocycles. The minimum Gasteiger partial charge on any atom is -0.492 e. The quantitative estimate of drug-likeness (QED) is 0.409. The normalized spacial score (nSPS) is 18.8. The second-order valence-electron chi connectivity index (χ2n) is 7.54. The van der Waals surface area contributed by atoms with Gasteiger partial charge in [0.1, 0.15) is 16.3 Å². The van der Waals surface area contributed by atoms with Crippen LogP contribution in [-0.2, 0) is 11.3 Å². The molecule has 3 aromatic rings. The minimum absolute atomic E-state index is 0.0290. The molecule has 0 radical (unpaired) electrons. The van der Waals surface area contributed by atoms with Gasteiger partial charge in [-0.2, -0.15) is 0 Å². The summed E-state index contributed by atoms with van der Waals surface area (Å²) in [7, 11) is 2.01. The number of nitrogens with zero attached hydrogens (tertiary/aromatic N) is 3. The number of hydrogen-bond donors (Lipinski definition) is 0. The van der Waals surface area contributed by atoms with Gasteiger partial charge in [0.15, 0.2) is 5.17 Å². The van der Waals surface area contributed by atoms with Gasteiger partial charge in [0.25, 0.3) is 5.91 Å². The van der Waals surface area contributed by atoms with Gasteiger partial charge in [0.05, 0.1) is 23.9 Å². The largest absolute Gasteiger partial charge is 0.492 e. The summed E-state index contributed by atoms with van der Waals surface area (Å²) in [5.74, 6) is 0.680. The van der Waals surface area contributed by atoms with E-state index >= 15 is 0 Å². The molecule has 3 aromatic carbocycles. The van der Waals surface area contributed by atoms with Crippen LogP contribution < -0.4 is 9.64 Å². The van der Waals surface area contributed by atoms with Crippen LogP contribution in [0.2, 0.25) is 0 Å². The van der Waals surface area contributed by atoms with Crippen LogP contribution in [0, 0.1) is 0 Å². The average Bonchev–Trinajstić information content (AvgIpc) is 3.33. The molecule has 7 heteroatoms. The van der Waals surface area contributed by atoms with Crippen LogP contribution in [0.4, 0.5) is 11.4 Å². The number of rotatable bonds is 5. The molecule has 0 aromatic heterocycles. The topological polar surface area (TPSA) is 45.1 Å². The molecule has 0 bridgehead atoms. The van der Waals surface area contributed by atoms with Gasteiger partial charge < -0.3 is 9.64 Å². The number of benzene rings is 3. The van der Waals surface area contributed by atoms with Crippen molar-refractivity contribution in [2.24, 2.45) is 4.99 Å². The van der Waals surface area contributed by atoms with E-state index < -0.39 is 0 Å². The summed E-state index contributed by atoms with van der Waals surface area (Å²) in [6.07, 6.45) is 0. The zero-order valence-corrected chi connectivity index (χ0v) is 20.0. The molecule has 5 rings (SSSR count). The van der Waals surface area contributed by atoms with E-state index in [1.54, 1.807) is 16.7 Å². The van der Waals surface area contributed by atoms with Gasteiger partial charge in [-0.1, -0.05) is 66.4 Å². The van der Waals surface area contributed by atoms with Gasteiger partial charge in [-0.25, -0.2) is 4.99 Å². The van der Waals surface area contributed by atoms with Gasteiger partial charge in [-0.3, -0.25) is 9.69 Å². The highest BCUT2D eigenvalue weighted by Gasteiger charge is 2.39. The zero-order chi connectivity index (χ0) is 22.8. The Morgan fingerprint density at radius 1 is 0.909 bits per heavy atom. The van der Waals surface area contributed by atoms with Crippen molar-refractivity contribution < 1.29 is 9.53 Å². The molecule has 33 heavy (non-hydrogen) atoms. The lowest BCUT2D eigenvalue weighted by molar-refractivity contribution is -0.122. The first-order valence-corrected chi connectivity index (χ1v) is 12.4. The smallest absolute Gasteiger partial charge is 0.269 e. The number of amides is 1. The number of fused-ring (bicyclic) bond motifs is 1. The Morgan fingerprint density at radius 3 is 2.42 bits per heavy atom. The fraction of sp³-hybridized carbons (Fsp3) is 0.154. The molecule has 0 N–H and O–H groups in total. The number of ether oxygens (including phenoxy) is 1. The third kappa shape index (κ3) is 4.26. The molecule has 2 aliphatic rings. The maximum Gasteiger partial charge on any atom is 0.269 e. The predicted octanol–water partition coefficient (Wildman–Crippen LogP) is 6.26. The fourth-order valence-corrected chi connectivity index (χ4v) is 6.09. The van der Waals surface area contributed by atoms with Crippen molar-refractivity contribution in [1.82, 2.24) is 4.90 Å². The Morgan fingerprint density at radius 2 is 1.64 bits per heavy atom. The van der Waals surface area contributed by atoms with Crippen molar-refractivity contribution in [1.29, 1.82) is 0 Å². The summed E-state index contributed by atoms with van der Waals surface area (Å²) in [6, 6.07) is 25.9. The van der Waals surface area contributed by atoms with E-state index in [-0.39, 0.29) is 5.91 Å². The fourth-order valence-electron chi connectivity index (χ4n) is 3.75. The van der Waals surface area contributed by atoms with Gasteiger partial charge >= 0.3 is 0 Å². The number of aliphatic imine (C=N–C) groups is 1. The summed E-state index contributed by atoms with van der Waals surface area (Å²) >= 11 is 3.06. The van der Waals surface area contributed by atoms with E-state index in [1.165, 1.54) is 11.8 Å². The lowest BCUT2D eigenvalue weighted by Crippen LogP contribution is -2.29. The number of carbonyl (C=O) groups is 1. The van der Waals surface area contributed by atoms with Crippen LogP contribution in [0.3, 0.4) is 0 Å². The summed E-state index contributed by atoms with van der Waals surface area (Å²) in [5.41, 5.74) is 2.88. The summed E-state index contributed by atoms with van der Waals surface area (Å²) in [6.45, 7) is 2.96. The number of anilines is 1. The Kier molecular flexibility index (Phi) is 6.15. The van der Waals surface area contributed by atoms with E-state index in [2.05, 4.69) is 17.0 Å². The maximum absolute atomic E-state index is 13.7. The Labute approximate surface area is 202 Å². The monoisotopic (exact) mass is 473 g/mol. The molecule has 166 valence electrons. The van der Waals surface area contributed by atoms with Gasteiger partial charge in [0, 0.05) is 11.9 Å². The standard InChI is InChI=1S/C26H23N3O2S2/c1-3-31-21-15-9-7-13-19(21)27-26-29(17-18-11-5-4-6-12-18)24(30)23(33-26)25-28(2)20-14-8-10-16-22(20)32-25/h4-16H,3,17H2,1-2H3/b25-23-,27-26+. The Hall–Kier alpha value is -3.16. The van der Waals surface area contributed by atoms with Crippen LogP contribution >= 0.6 is 23.5 Å². The van der Waals surface area contributed by atoms with E-state index in [0.717, 1.165) is 26.9 Å². The molecule has 0 saturated carbocycles. The minimum atomic E-state index is -0.0290. The van der Waals surface area contributed by atoms with Crippen molar-refractivity contribution in [2.45, 2.75) is 18.4 Å². The molecular weight excluding hydrogens is 450 g/mol. The van der Waals surface area contributed by atoms with Crippen LogP contribution in [0.1, 0.15) is 12.5 Å². The molecule has 2 aliphatic heterocycles. The number of amidine groups is 1. The third-order valence-corrected chi connectivity index (χ3v) is 7.79. The summed E-state index contributed by atoms with van der Waals surface area (Å²) < 4.78 is 5.77. The SMILES string of the molecule is CCOc1ccccc1/N=C1/S/C(=C2\Sc3ccccc3N2C)C(=O)N1Cc1ccccc1. The average molecular weight is 474 g/mol. The first kappa shape index (κ1) is 21.7. The van der Waals surface area contributed by atoms with Gasteiger partial charge in [-0.15, -0.1) is 0 Å². The first-order chi connectivity index (χ1) is 16.2. The van der Waals surface area contributed by atoms with Crippen LogP contribution in [0.5, 0.6) is 5.75 Å². The number of para-hydroxylation sites is 3. The van der Waals surface area contributed by atoms with Crippen molar-refractivity contribution in [2.75, 3.05) is 18.6 Å². The number of thioether (sulfide) groups is 2. The van der Waals surface area contributed by atoms with Gasteiger partial charge in [0.2, 0.25) is 0 Å². The van der Waals surface area contributed by atoms with Crippen LogP contribution in [-0.4, -0.2) is 29.6 Å². The lowest BCUT2D eigenvalue weighted by Gasteiger charge is -2.17. The van der Waals surface area contributed by atoms with Crippen LogP contribution in [0.15, 0.2) is 98.7 Å². The number of hydrogen-bond acceptors (Lipinski definition) is 6. The van der Waals surface area contributed by atoms with Crippen LogP contribution in [0.25, 0.3) is 0 Å². The summed E-state index contributed by atoms with van der Waals surface area (Å²) in [4.78, 5) is 24.3. The third-order valence-electron chi connectivity index (χ3n) is 5.36. The van der Waals surface area contributed by atoms with E-state index in [1.807, 2.05) is 80.7 Å². The van der Waals surface area contributed by atoms with Gasteiger partial charge in [-0.05, 0) is 48.5 Å². The molecule has 0 atom stereocenters. The van der Waals surface area contributed by atoms with Crippen molar-refractivity contribution in [3.05, 3.63) is 94.4 Å². The predicted molar refractivity (Wildman–Crippen MR) is 137 cm³/mol. The highest BCUT2D eigenvalue weighted by Crippen LogP contribution is 2.50. The van der Waals surface area contributed by atoms with Crippen molar-refractivity contribution in [3.8, 4) is 5.75 Å². The molecule has 1 fully saturated rings. The second kappa shape index (κ2) is 9.37. The second-order valence-corrected chi connectivity index (χ2v) is 9.55. The summed E-state index contributed by atoms with van der Waals surface area (Å²) in [5, 5.41) is 1.59. The zero-order valence-electron chi connectivity index (χ0n) is 18.4. The van der Waals surface area contributed by atoms with Crippen molar-refractivity contribution in [3.63, 3.8) is 0 Å². The Balaban J connectivity index is 1.57. The molecule has 0 spiro atoms. The van der Waals surface area contributed by atoms with E-state index in [0.29, 0.717) is 29.0 Å². The Bertz CT molecular complexity index is 1260. The lowest BCUT2D eigenvalue weighted by atomic mass is 10.2. The van der Waals surface area contributed by atoms with E-state index in [4.69, 9.17) is 9.73 Å². The molecule has 5 nitrogen and oxygen atoms in total. The molecule has 0 unspecified atom stereocenters. The number of carbonyl (C=O) groups excluding carboxylic acids is 1.